The number of primary sulfonamides is 1. The second-order valence-corrected chi connectivity index (χ2v) is 8.44. The molecule has 0 heterocycles. The van der Waals surface area contributed by atoms with E-state index in [0.29, 0.717) is 19.8 Å². The molecule has 0 radical (unpaired) electrons. The molecule has 0 fully saturated rings. The minimum absolute atomic E-state index is 0.0121. The van der Waals surface area contributed by atoms with E-state index in [4.69, 9.17) is 14.6 Å². The predicted octanol–water partition coefficient (Wildman–Crippen LogP) is 2.69. The summed E-state index contributed by atoms with van der Waals surface area (Å²) in [5.41, 5.74) is -0.563. The Kier molecular flexibility index (Phi) is 9.00. The largest absolute Gasteiger partial charge is 0.378 e. The van der Waals surface area contributed by atoms with Crippen LogP contribution in [0.1, 0.15) is 60.3 Å². The van der Waals surface area contributed by atoms with Crippen LogP contribution in [-0.2, 0) is 19.5 Å². The minimum atomic E-state index is -3.50. The summed E-state index contributed by atoms with van der Waals surface area (Å²) in [5, 5.41) is 5.26. The molecule has 0 rings (SSSR count). The van der Waals surface area contributed by atoms with E-state index in [1.54, 1.807) is 0 Å². The first-order valence-corrected chi connectivity index (χ1v) is 9.47. The summed E-state index contributed by atoms with van der Waals surface area (Å²) < 4.78 is 34.3. The molecule has 0 aliphatic rings. The van der Waals surface area contributed by atoms with Crippen molar-refractivity contribution in [2.75, 3.05) is 25.6 Å². The van der Waals surface area contributed by atoms with Gasteiger partial charge in [-0.25, -0.2) is 13.6 Å². The zero-order chi connectivity index (χ0) is 16.6. The van der Waals surface area contributed by atoms with Crippen molar-refractivity contribution in [1.82, 2.24) is 0 Å². The minimum Gasteiger partial charge on any atom is -0.378 e. The lowest BCUT2D eigenvalue weighted by molar-refractivity contribution is -0.0485. The Balaban J connectivity index is 4.52. The van der Waals surface area contributed by atoms with Crippen molar-refractivity contribution in [3.63, 3.8) is 0 Å². The van der Waals surface area contributed by atoms with Gasteiger partial charge in [0.25, 0.3) is 0 Å². The Labute approximate surface area is 130 Å². The van der Waals surface area contributed by atoms with Gasteiger partial charge in [-0.2, -0.15) is 0 Å². The maximum Gasteiger partial charge on any atom is 0.209 e. The summed E-state index contributed by atoms with van der Waals surface area (Å²) in [7, 11) is -3.50. The predicted molar refractivity (Wildman–Crippen MR) is 86.7 cm³/mol. The van der Waals surface area contributed by atoms with Crippen LogP contribution >= 0.6 is 0 Å². The van der Waals surface area contributed by atoms with Crippen molar-refractivity contribution >= 4 is 10.0 Å². The second kappa shape index (κ2) is 9.08. The molecule has 0 aliphatic carbocycles. The summed E-state index contributed by atoms with van der Waals surface area (Å²) >= 11 is 0. The fraction of sp³-hybridized carbons (Fsp3) is 1.00. The first kappa shape index (κ1) is 20.8. The Morgan fingerprint density at radius 3 is 1.90 bits per heavy atom. The van der Waals surface area contributed by atoms with Gasteiger partial charge in [-0.1, -0.05) is 26.7 Å². The van der Waals surface area contributed by atoms with E-state index in [9.17, 15) is 8.42 Å². The maximum absolute atomic E-state index is 11.5. The highest BCUT2D eigenvalue weighted by molar-refractivity contribution is 7.89. The normalized spacial score (nSPS) is 13.6. The smallest absolute Gasteiger partial charge is 0.209 e. The summed E-state index contributed by atoms with van der Waals surface area (Å²) in [6.45, 7) is 11.5. The zero-order valence-corrected chi connectivity index (χ0v) is 15.1. The van der Waals surface area contributed by atoms with Gasteiger partial charge in [0.2, 0.25) is 10.0 Å². The third-order valence-electron chi connectivity index (χ3n) is 3.24. The average Bonchev–Trinajstić information content (AvgIpc) is 2.25. The second-order valence-electron chi connectivity index (χ2n) is 6.82. The van der Waals surface area contributed by atoms with Gasteiger partial charge in [0.15, 0.2) is 0 Å². The molecule has 0 spiro atoms. The van der Waals surface area contributed by atoms with Gasteiger partial charge in [-0.15, -0.1) is 0 Å². The number of sulfonamides is 1. The van der Waals surface area contributed by atoms with Gasteiger partial charge in [0.1, 0.15) is 0 Å². The summed E-state index contributed by atoms with van der Waals surface area (Å²) in [4.78, 5) is 0. The molecule has 5 nitrogen and oxygen atoms in total. The molecule has 0 atom stereocenters. The van der Waals surface area contributed by atoms with E-state index in [1.807, 2.05) is 20.8 Å². The molecule has 21 heavy (non-hydrogen) atoms. The first-order valence-electron chi connectivity index (χ1n) is 7.76. The molecule has 0 unspecified atom stereocenters. The van der Waals surface area contributed by atoms with Crippen LogP contribution in [0, 0.1) is 5.41 Å². The molecule has 0 bridgehead atoms. The highest BCUT2D eigenvalue weighted by Crippen LogP contribution is 2.31. The van der Waals surface area contributed by atoms with E-state index >= 15 is 0 Å². The fourth-order valence-electron chi connectivity index (χ4n) is 2.64. The number of rotatable bonds is 11. The van der Waals surface area contributed by atoms with Crippen molar-refractivity contribution < 1.29 is 17.9 Å². The van der Waals surface area contributed by atoms with Crippen LogP contribution in [0.3, 0.4) is 0 Å². The molecule has 128 valence electrons. The van der Waals surface area contributed by atoms with Crippen molar-refractivity contribution in [2.45, 2.75) is 65.9 Å². The molecule has 6 heteroatoms. The van der Waals surface area contributed by atoms with E-state index in [0.717, 1.165) is 25.7 Å². The highest BCUT2D eigenvalue weighted by atomic mass is 32.2. The third-order valence-corrected chi connectivity index (χ3v) is 4.25. The van der Waals surface area contributed by atoms with Crippen molar-refractivity contribution in [3.8, 4) is 0 Å². The van der Waals surface area contributed by atoms with Crippen LogP contribution in [0.2, 0.25) is 0 Å². The van der Waals surface area contributed by atoms with E-state index in [1.165, 1.54) is 0 Å². The summed E-state index contributed by atoms with van der Waals surface area (Å²) in [6, 6.07) is 0. The molecule has 0 amide bonds. The molecule has 0 saturated heterocycles. The van der Waals surface area contributed by atoms with Gasteiger partial charge < -0.3 is 9.47 Å². The monoisotopic (exact) mass is 323 g/mol. The fourth-order valence-corrected chi connectivity index (χ4v) is 3.86. The van der Waals surface area contributed by atoms with Gasteiger partial charge in [0.05, 0.1) is 31.2 Å². The number of hydrogen-bond donors (Lipinski definition) is 1. The van der Waals surface area contributed by atoms with E-state index in [-0.39, 0.29) is 16.8 Å². The lowest BCUT2D eigenvalue weighted by atomic mass is 9.82. The Bertz CT molecular complexity index is 368. The Morgan fingerprint density at radius 2 is 1.52 bits per heavy atom. The quantitative estimate of drug-likeness (QED) is 0.593. The Morgan fingerprint density at radius 1 is 1.00 bits per heavy atom. The lowest BCUT2D eigenvalue weighted by Gasteiger charge is -2.32. The van der Waals surface area contributed by atoms with Crippen LogP contribution in [0.25, 0.3) is 0 Å². The first-order chi connectivity index (χ1) is 9.54. The van der Waals surface area contributed by atoms with Crippen molar-refractivity contribution in [1.29, 1.82) is 0 Å². The molecule has 0 aliphatic heterocycles. The van der Waals surface area contributed by atoms with Gasteiger partial charge in [-0.3, -0.25) is 0 Å². The zero-order valence-electron chi connectivity index (χ0n) is 14.3. The Hall–Kier alpha value is -0.170. The SMILES string of the molecule is CCCC(CCC)(COCCOC(C)(C)C)CS(N)(=O)=O. The lowest BCUT2D eigenvalue weighted by Crippen LogP contribution is -2.38. The van der Waals surface area contributed by atoms with Crippen LogP contribution < -0.4 is 5.14 Å². The number of hydrogen-bond acceptors (Lipinski definition) is 4. The van der Waals surface area contributed by atoms with Crippen LogP contribution in [0.5, 0.6) is 0 Å². The maximum atomic E-state index is 11.5. The van der Waals surface area contributed by atoms with Crippen LogP contribution in [0.4, 0.5) is 0 Å². The number of ether oxygens (including phenoxy) is 2. The van der Waals surface area contributed by atoms with Gasteiger partial charge >= 0.3 is 0 Å². The molecule has 0 aromatic heterocycles. The van der Waals surface area contributed by atoms with Crippen LogP contribution in [-0.4, -0.2) is 39.6 Å². The molecular formula is C15H33NO4S. The molecule has 0 aromatic carbocycles. The van der Waals surface area contributed by atoms with Crippen LogP contribution in [0.15, 0.2) is 0 Å². The topological polar surface area (TPSA) is 78.6 Å². The van der Waals surface area contributed by atoms with Gasteiger partial charge in [0, 0.05) is 5.41 Å². The third kappa shape index (κ3) is 11.1. The number of nitrogens with two attached hydrogens (primary N) is 1. The highest BCUT2D eigenvalue weighted by Gasteiger charge is 2.33. The van der Waals surface area contributed by atoms with E-state index in [2.05, 4.69) is 13.8 Å². The summed E-state index contributed by atoms with van der Waals surface area (Å²) in [6.07, 6.45) is 3.43. The molecule has 2 N–H and O–H groups in total. The standard InChI is InChI=1S/C15H33NO4S/c1-6-8-15(9-7-2,13-21(16,17)18)12-19-10-11-20-14(3,4)5/h6-13H2,1-5H3,(H2,16,17,18). The summed E-state index contributed by atoms with van der Waals surface area (Å²) in [5.74, 6) is -0.0121. The molecule has 0 aromatic rings. The molecular weight excluding hydrogens is 290 g/mol. The van der Waals surface area contributed by atoms with Crippen molar-refractivity contribution in [2.24, 2.45) is 10.6 Å². The van der Waals surface area contributed by atoms with E-state index < -0.39 is 10.0 Å². The molecule has 0 saturated carbocycles. The average molecular weight is 323 g/mol. The van der Waals surface area contributed by atoms with Crippen molar-refractivity contribution in [3.05, 3.63) is 0 Å². The van der Waals surface area contributed by atoms with Gasteiger partial charge in [-0.05, 0) is 33.6 Å².